The first-order valence-electron chi connectivity index (χ1n) is 5.33. The number of hydrogen-bond acceptors (Lipinski definition) is 4. The van der Waals surface area contributed by atoms with E-state index in [1.807, 2.05) is 6.07 Å². The molecule has 0 aromatic heterocycles. The van der Waals surface area contributed by atoms with Gasteiger partial charge in [0, 0.05) is 0 Å². The van der Waals surface area contributed by atoms with Crippen molar-refractivity contribution in [2.75, 3.05) is 0 Å². The molecule has 2 rings (SSSR count). The number of nitrogens with zero attached hydrogens (tertiary/aromatic N) is 1. The summed E-state index contributed by atoms with van der Waals surface area (Å²) < 4.78 is 29.1. The summed E-state index contributed by atoms with van der Waals surface area (Å²) in [6.45, 7) is 0. The Hall–Kier alpha value is -1.74. The molecule has 0 saturated heterocycles. The Kier molecular flexibility index (Phi) is 4.19. The van der Waals surface area contributed by atoms with E-state index in [2.05, 4.69) is 0 Å². The molecule has 102 valence electrons. The highest BCUT2D eigenvalue weighted by Crippen LogP contribution is 2.37. The van der Waals surface area contributed by atoms with Crippen LogP contribution in [0.25, 0.3) is 0 Å². The predicted octanol–water partition coefficient (Wildman–Crippen LogP) is 3.63. The van der Waals surface area contributed by atoms with Gasteiger partial charge in [-0.05, 0) is 24.3 Å². The van der Waals surface area contributed by atoms with Crippen LogP contribution in [0.3, 0.4) is 0 Å². The molecule has 0 heterocycles. The van der Waals surface area contributed by atoms with Gasteiger partial charge >= 0.3 is 10.1 Å². The molecule has 0 saturated carbocycles. The highest BCUT2D eigenvalue weighted by molar-refractivity contribution is 7.87. The smallest absolute Gasteiger partial charge is 0.339 e. The number of halogens is 2. The maximum absolute atomic E-state index is 12.1. The van der Waals surface area contributed by atoms with Crippen LogP contribution >= 0.6 is 23.2 Å². The lowest BCUT2D eigenvalue weighted by molar-refractivity contribution is 0.486. The maximum atomic E-state index is 12.1. The van der Waals surface area contributed by atoms with Crippen molar-refractivity contribution in [3.8, 4) is 11.8 Å². The molecular weight excluding hydrogens is 321 g/mol. The monoisotopic (exact) mass is 327 g/mol. The van der Waals surface area contributed by atoms with Crippen LogP contribution in [0.5, 0.6) is 5.75 Å². The molecular formula is C13H7Cl2NO3S. The summed E-state index contributed by atoms with van der Waals surface area (Å²) in [6.07, 6.45) is 0. The van der Waals surface area contributed by atoms with Gasteiger partial charge in [0.05, 0.1) is 10.6 Å². The summed E-state index contributed by atoms with van der Waals surface area (Å²) in [6, 6.07) is 12.1. The Balaban J connectivity index is 2.48. The lowest BCUT2D eigenvalue weighted by atomic mass is 10.2. The number of rotatable bonds is 3. The van der Waals surface area contributed by atoms with E-state index in [1.54, 1.807) is 18.2 Å². The van der Waals surface area contributed by atoms with Crippen molar-refractivity contribution in [3.05, 3.63) is 58.1 Å². The van der Waals surface area contributed by atoms with E-state index in [1.165, 1.54) is 24.3 Å². The van der Waals surface area contributed by atoms with Gasteiger partial charge in [0.15, 0.2) is 5.75 Å². The summed E-state index contributed by atoms with van der Waals surface area (Å²) in [5.74, 6) is -0.253. The number of hydrogen-bond donors (Lipinski definition) is 0. The van der Waals surface area contributed by atoms with Crippen LogP contribution in [0.2, 0.25) is 10.0 Å². The third-order valence-corrected chi connectivity index (χ3v) is 4.30. The molecule has 0 bridgehead atoms. The third kappa shape index (κ3) is 2.88. The van der Waals surface area contributed by atoms with Crippen molar-refractivity contribution in [1.82, 2.24) is 0 Å². The zero-order chi connectivity index (χ0) is 14.8. The molecule has 0 atom stereocenters. The topological polar surface area (TPSA) is 67.2 Å². The Bertz CT molecular complexity index is 783. The summed E-state index contributed by atoms with van der Waals surface area (Å²) >= 11 is 11.8. The first-order chi connectivity index (χ1) is 9.45. The molecule has 0 aliphatic carbocycles. The zero-order valence-corrected chi connectivity index (χ0v) is 12.2. The number of nitriles is 1. The minimum atomic E-state index is -4.06. The summed E-state index contributed by atoms with van der Waals surface area (Å²) in [5.41, 5.74) is 0.0781. The quantitative estimate of drug-likeness (QED) is 0.807. The fourth-order valence-corrected chi connectivity index (χ4v) is 3.00. The second kappa shape index (κ2) is 5.71. The average molecular weight is 328 g/mol. The second-order valence-corrected chi connectivity index (χ2v) is 6.03. The Morgan fingerprint density at radius 1 is 1.05 bits per heavy atom. The van der Waals surface area contributed by atoms with Crippen LogP contribution < -0.4 is 4.18 Å². The van der Waals surface area contributed by atoms with Crippen molar-refractivity contribution in [2.24, 2.45) is 0 Å². The minimum Gasteiger partial charge on any atom is -0.376 e. The second-order valence-electron chi connectivity index (χ2n) is 3.70. The first-order valence-corrected chi connectivity index (χ1v) is 7.50. The van der Waals surface area contributed by atoms with Gasteiger partial charge in [-0.25, -0.2) is 0 Å². The molecule has 4 nitrogen and oxygen atoms in total. The van der Waals surface area contributed by atoms with E-state index in [9.17, 15) is 8.42 Å². The van der Waals surface area contributed by atoms with Gasteiger partial charge in [-0.2, -0.15) is 13.7 Å². The Morgan fingerprint density at radius 2 is 1.70 bits per heavy atom. The van der Waals surface area contributed by atoms with Crippen molar-refractivity contribution < 1.29 is 12.6 Å². The van der Waals surface area contributed by atoms with E-state index in [-0.39, 0.29) is 26.3 Å². The standard InChI is InChI=1S/C13H7Cl2NO3S/c14-11-7-6-9(8-16)12(15)13(11)19-20(17,18)10-4-2-1-3-5-10/h1-7H. The van der Waals surface area contributed by atoms with Crippen LogP contribution in [0.15, 0.2) is 47.4 Å². The minimum absolute atomic E-state index is 0.00788. The van der Waals surface area contributed by atoms with Gasteiger partial charge in [0.2, 0.25) is 0 Å². The van der Waals surface area contributed by atoms with Gasteiger partial charge in [0.25, 0.3) is 0 Å². The summed E-state index contributed by atoms with van der Waals surface area (Å²) in [7, 11) is -4.06. The molecule has 0 amide bonds. The van der Waals surface area contributed by atoms with Crippen LogP contribution in [0.1, 0.15) is 5.56 Å². The van der Waals surface area contributed by atoms with E-state index in [0.29, 0.717) is 0 Å². The molecule has 7 heteroatoms. The lowest BCUT2D eigenvalue weighted by Gasteiger charge is -2.10. The molecule has 0 fully saturated rings. The zero-order valence-electron chi connectivity index (χ0n) is 9.88. The highest BCUT2D eigenvalue weighted by Gasteiger charge is 2.21. The normalized spacial score (nSPS) is 10.8. The Labute approximate surface area is 126 Å². The fraction of sp³-hybridized carbons (Fsp3) is 0. The lowest BCUT2D eigenvalue weighted by Crippen LogP contribution is -2.10. The average Bonchev–Trinajstić information content (AvgIpc) is 2.45. The van der Waals surface area contributed by atoms with Crippen molar-refractivity contribution in [2.45, 2.75) is 4.90 Å². The van der Waals surface area contributed by atoms with Crippen LogP contribution in [0, 0.1) is 11.3 Å². The molecule has 0 aliphatic heterocycles. The highest BCUT2D eigenvalue weighted by atomic mass is 35.5. The van der Waals surface area contributed by atoms with E-state index in [4.69, 9.17) is 32.6 Å². The van der Waals surface area contributed by atoms with Crippen molar-refractivity contribution in [3.63, 3.8) is 0 Å². The molecule has 2 aromatic rings. The van der Waals surface area contributed by atoms with Crippen molar-refractivity contribution in [1.29, 1.82) is 5.26 Å². The first kappa shape index (κ1) is 14.7. The molecule has 0 spiro atoms. The SMILES string of the molecule is N#Cc1ccc(Cl)c(OS(=O)(=O)c2ccccc2)c1Cl. The van der Waals surface area contributed by atoms with Crippen molar-refractivity contribution >= 4 is 33.3 Å². The van der Waals surface area contributed by atoms with Crippen LogP contribution in [-0.4, -0.2) is 8.42 Å². The largest absolute Gasteiger partial charge is 0.376 e. The fourth-order valence-electron chi connectivity index (χ4n) is 1.44. The number of benzene rings is 2. The van der Waals surface area contributed by atoms with E-state index >= 15 is 0 Å². The maximum Gasteiger partial charge on any atom is 0.339 e. The van der Waals surface area contributed by atoms with Crippen LogP contribution in [0.4, 0.5) is 0 Å². The molecule has 2 aromatic carbocycles. The van der Waals surface area contributed by atoms with Gasteiger partial charge in [0.1, 0.15) is 16.0 Å². The molecule has 20 heavy (non-hydrogen) atoms. The van der Waals surface area contributed by atoms with E-state index in [0.717, 1.165) is 0 Å². The van der Waals surface area contributed by atoms with Gasteiger partial charge in [-0.1, -0.05) is 41.4 Å². The molecule has 0 radical (unpaired) electrons. The molecule has 0 N–H and O–H groups in total. The van der Waals surface area contributed by atoms with Crippen LogP contribution in [-0.2, 0) is 10.1 Å². The van der Waals surface area contributed by atoms with Gasteiger partial charge in [-0.3, -0.25) is 0 Å². The summed E-state index contributed by atoms with van der Waals surface area (Å²) in [4.78, 5) is -0.0329. The van der Waals surface area contributed by atoms with E-state index < -0.39 is 10.1 Å². The predicted molar refractivity (Wildman–Crippen MR) is 75.4 cm³/mol. The van der Waals surface area contributed by atoms with Gasteiger partial charge in [-0.15, -0.1) is 0 Å². The summed E-state index contributed by atoms with van der Waals surface area (Å²) in [5, 5.41) is 8.74. The van der Waals surface area contributed by atoms with Gasteiger partial charge < -0.3 is 4.18 Å². The molecule has 0 aliphatic rings. The third-order valence-electron chi connectivity index (χ3n) is 2.39. The Morgan fingerprint density at radius 3 is 2.30 bits per heavy atom. The molecule has 0 unspecified atom stereocenters.